The van der Waals surface area contributed by atoms with E-state index in [2.05, 4.69) is 69.4 Å². The minimum atomic E-state index is -0.780. The number of ether oxygens (including phenoxy) is 3. The van der Waals surface area contributed by atoms with E-state index in [-0.39, 0.29) is 31.1 Å². The molecule has 336 valence electrons. The van der Waals surface area contributed by atoms with Crippen molar-refractivity contribution in [2.24, 2.45) is 0 Å². The molecule has 0 saturated heterocycles. The van der Waals surface area contributed by atoms with E-state index >= 15 is 0 Å². The Morgan fingerprint density at radius 1 is 0.345 bits per heavy atom. The number of allylic oxidation sites excluding steroid dienone is 8. The average Bonchev–Trinajstić information content (AvgIpc) is 3.22. The molecule has 0 aliphatic carbocycles. The van der Waals surface area contributed by atoms with Crippen LogP contribution in [0.25, 0.3) is 0 Å². The lowest BCUT2D eigenvalue weighted by molar-refractivity contribution is -0.167. The maximum Gasteiger partial charge on any atom is 0.306 e. The van der Waals surface area contributed by atoms with Crippen molar-refractivity contribution in [3.8, 4) is 0 Å². The SMILES string of the molecule is CCCCC/C=C\C=C/CCCCCCCCC(=O)OCC(COC(=O)CCCCCCCCCCCC)OC(=O)CCCCCCCC/C=C\C=C/CCCCC. The summed E-state index contributed by atoms with van der Waals surface area (Å²) >= 11 is 0. The van der Waals surface area contributed by atoms with Gasteiger partial charge in [-0.2, -0.15) is 0 Å². The summed E-state index contributed by atoms with van der Waals surface area (Å²) in [4.78, 5) is 37.8. The standard InChI is InChI=1S/C52H92O6/c1-4-7-10-13-16-19-22-24-26-28-30-33-36-39-42-45-51(54)57-48-49(47-56-50(53)44-41-38-35-32-21-18-15-12-9-6-3)58-52(55)46-43-40-37-34-31-29-27-25-23-20-17-14-11-8-5-2/h16-17,19-20,22-25,49H,4-15,18,21,26-48H2,1-3H3/b19-16-,20-17-,24-22-,25-23-. The van der Waals surface area contributed by atoms with Crippen LogP contribution in [-0.4, -0.2) is 37.2 Å². The van der Waals surface area contributed by atoms with Gasteiger partial charge in [-0.05, 0) is 70.6 Å². The van der Waals surface area contributed by atoms with Crippen molar-refractivity contribution in [1.82, 2.24) is 0 Å². The van der Waals surface area contributed by atoms with Crippen molar-refractivity contribution in [2.45, 2.75) is 252 Å². The first-order chi connectivity index (χ1) is 28.5. The Balaban J connectivity index is 4.39. The van der Waals surface area contributed by atoms with Crippen LogP contribution in [0.1, 0.15) is 245 Å². The second-order valence-electron chi connectivity index (χ2n) is 16.4. The van der Waals surface area contributed by atoms with Gasteiger partial charge in [-0.1, -0.05) is 204 Å². The van der Waals surface area contributed by atoms with E-state index in [0.29, 0.717) is 19.3 Å². The van der Waals surface area contributed by atoms with Gasteiger partial charge in [0.15, 0.2) is 6.10 Å². The number of carbonyl (C=O) groups excluding carboxylic acids is 3. The third-order valence-electron chi connectivity index (χ3n) is 10.6. The molecular weight excluding hydrogens is 721 g/mol. The van der Waals surface area contributed by atoms with Crippen LogP contribution in [0.3, 0.4) is 0 Å². The van der Waals surface area contributed by atoms with Crippen LogP contribution in [0.4, 0.5) is 0 Å². The third-order valence-corrected chi connectivity index (χ3v) is 10.6. The van der Waals surface area contributed by atoms with Crippen molar-refractivity contribution in [3.63, 3.8) is 0 Å². The lowest BCUT2D eigenvalue weighted by Crippen LogP contribution is -2.30. The molecule has 1 unspecified atom stereocenters. The molecule has 0 fully saturated rings. The molecule has 0 heterocycles. The Labute approximate surface area is 358 Å². The van der Waals surface area contributed by atoms with Crippen LogP contribution in [0, 0.1) is 0 Å². The van der Waals surface area contributed by atoms with E-state index in [1.165, 1.54) is 128 Å². The Morgan fingerprint density at radius 2 is 0.603 bits per heavy atom. The topological polar surface area (TPSA) is 78.9 Å². The molecule has 58 heavy (non-hydrogen) atoms. The van der Waals surface area contributed by atoms with E-state index in [1.54, 1.807) is 0 Å². The van der Waals surface area contributed by atoms with Crippen LogP contribution < -0.4 is 0 Å². The van der Waals surface area contributed by atoms with Gasteiger partial charge in [0.25, 0.3) is 0 Å². The number of hydrogen-bond acceptors (Lipinski definition) is 6. The van der Waals surface area contributed by atoms with Gasteiger partial charge in [-0.25, -0.2) is 0 Å². The predicted molar refractivity (Wildman–Crippen MR) is 247 cm³/mol. The highest BCUT2D eigenvalue weighted by Gasteiger charge is 2.19. The van der Waals surface area contributed by atoms with Crippen LogP contribution in [-0.2, 0) is 28.6 Å². The van der Waals surface area contributed by atoms with Gasteiger partial charge in [-0.3, -0.25) is 14.4 Å². The molecule has 0 aromatic carbocycles. The highest BCUT2D eigenvalue weighted by molar-refractivity contribution is 5.71. The second kappa shape index (κ2) is 47.1. The quantitative estimate of drug-likeness (QED) is 0.0264. The Morgan fingerprint density at radius 3 is 0.948 bits per heavy atom. The van der Waals surface area contributed by atoms with Crippen molar-refractivity contribution < 1.29 is 28.6 Å². The molecule has 0 amide bonds. The number of carbonyl (C=O) groups is 3. The molecule has 0 aliphatic heterocycles. The minimum Gasteiger partial charge on any atom is -0.462 e. The fourth-order valence-electron chi connectivity index (χ4n) is 6.83. The van der Waals surface area contributed by atoms with Crippen LogP contribution >= 0.6 is 0 Å². The summed E-state index contributed by atoms with van der Waals surface area (Å²) in [6, 6.07) is 0. The van der Waals surface area contributed by atoms with Gasteiger partial charge >= 0.3 is 17.9 Å². The van der Waals surface area contributed by atoms with Gasteiger partial charge in [0.2, 0.25) is 0 Å². The summed E-state index contributed by atoms with van der Waals surface area (Å²) in [6.07, 6.45) is 55.1. The Kier molecular flexibility index (Phi) is 44.9. The van der Waals surface area contributed by atoms with Crippen molar-refractivity contribution in [3.05, 3.63) is 48.6 Å². The zero-order valence-electron chi connectivity index (χ0n) is 38.3. The van der Waals surface area contributed by atoms with E-state index in [9.17, 15) is 14.4 Å². The van der Waals surface area contributed by atoms with Gasteiger partial charge < -0.3 is 14.2 Å². The molecule has 1 atom stereocenters. The summed E-state index contributed by atoms with van der Waals surface area (Å²) < 4.78 is 16.7. The summed E-state index contributed by atoms with van der Waals surface area (Å²) in [5.74, 6) is -0.902. The molecule has 6 heteroatoms. The highest BCUT2D eigenvalue weighted by Crippen LogP contribution is 2.14. The van der Waals surface area contributed by atoms with Crippen molar-refractivity contribution >= 4 is 17.9 Å². The van der Waals surface area contributed by atoms with Gasteiger partial charge in [-0.15, -0.1) is 0 Å². The van der Waals surface area contributed by atoms with Crippen LogP contribution in [0.15, 0.2) is 48.6 Å². The number of esters is 3. The lowest BCUT2D eigenvalue weighted by atomic mass is 10.1. The summed E-state index contributed by atoms with van der Waals surface area (Å²) in [5, 5.41) is 0. The predicted octanol–water partition coefficient (Wildman–Crippen LogP) is 15.9. The molecule has 0 aliphatic rings. The normalized spacial score (nSPS) is 12.4. The Bertz CT molecular complexity index is 1030. The molecule has 0 spiro atoms. The molecule has 0 radical (unpaired) electrons. The first kappa shape index (κ1) is 55.4. The number of unbranched alkanes of at least 4 members (excludes halogenated alkanes) is 27. The monoisotopic (exact) mass is 813 g/mol. The second-order valence-corrected chi connectivity index (χ2v) is 16.4. The first-order valence-corrected chi connectivity index (χ1v) is 24.7. The average molecular weight is 813 g/mol. The summed E-state index contributed by atoms with van der Waals surface area (Å²) in [7, 11) is 0. The first-order valence-electron chi connectivity index (χ1n) is 24.7. The van der Waals surface area contributed by atoms with Crippen molar-refractivity contribution in [1.29, 1.82) is 0 Å². The maximum absolute atomic E-state index is 12.8. The summed E-state index contributed by atoms with van der Waals surface area (Å²) in [6.45, 7) is 6.55. The minimum absolute atomic E-state index is 0.0802. The van der Waals surface area contributed by atoms with E-state index in [0.717, 1.165) is 77.0 Å². The Hall–Kier alpha value is -2.63. The third kappa shape index (κ3) is 44.5. The van der Waals surface area contributed by atoms with E-state index in [4.69, 9.17) is 14.2 Å². The molecule has 0 bridgehead atoms. The molecule has 0 N–H and O–H groups in total. The smallest absolute Gasteiger partial charge is 0.306 e. The van der Waals surface area contributed by atoms with Crippen LogP contribution in [0.2, 0.25) is 0 Å². The maximum atomic E-state index is 12.8. The number of hydrogen-bond donors (Lipinski definition) is 0. The summed E-state index contributed by atoms with van der Waals surface area (Å²) in [5.41, 5.74) is 0. The molecule has 0 aromatic rings. The van der Waals surface area contributed by atoms with E-state index < -0.39 is 6.10 Å². The fraction of sp³-hybridized carbons (Fsp3) is 0.788. The van der Waals surface area contributed by atoms with Gasteiger partial charge in [0.1, 0.15) is 13.2 Å². The largest absolute Gasteiger partial charge is 0.462 e. The molecule has 0 aromatic heterocycles. The fourth-order valence-corrected chi connectivity index (χ4v) is 6.83. The van der Waals surface area contributed by atoms with E-state index in [1.807, 2.05) is 0 Å². The zero-order valence-corrected chi connectivity index (χ0v) is 38.3. The molecule has 0 saturated carbocycles. The van der Waals surface area contributed by atoms with Gasteiger partial charge in [0.05, 0.1) is 0 Å². The molecule has 6 nitrogen and oxygen atoms in total. The number of rotatable bonds is 44. The zero-order chi connectivity index (χ0) is 42.3. The lowest BCUT2D eigenvalue weighted by Gasteiger charge is -2.18. The highest BCUT2D eigenvalue weighted by atomic mass is 16.6. The molecule has 0 rings (SSSR count). The molecular formula is C52H92O6. The van der Waals surface area contributed by atoms with Crippen molar-refractivity contribution in [2.75, 3.05) is 13.2 Å². The van der Waals surface area contributed by atoms with Gasteiger partial charge in [0, 0.05) is 19.3 Å². The van der Waals surface area contributed by atoms with Crippen LogP contribution in [0.5, 0.6) is 0 Å².